The fourth-order valence-electron chi connectivity index (χ4n) is 1.74. The van der Waals surface area contributed by atoms with Crippen LogP contribution >= 0.6 is 0 Å². The van der Waals surface area contributed by atoms with Crippen LogP contribution in [0, 0.1) is 0 Å². The van der Waals surface area contributed by atoms with E-state index in [-0.39, 0.29) is 17.7 Å². The maximum Gasteiger partial charge on any atom is 0.416 e. The van der Waals surface area contributed by atoms with Crippen molar-refractivity contribution in [2.24, 2.45) is 0 Å². The lowest BCUT2D eigenvalue weighted by Gasteiger charge is -2.13. The molecular weight excluding hydrogens is 340 g/mol. The number of ketones is 1. The first-order valence-electron chi connectivity index (χ1n) is 6.36. The molecule has 0 aliphatic rings. The zero-order chi connectivity index (χ0) is 18.1. The van der Waals surface area contributed by atoms with Crippen LogP contribution in [0.3, 0.4) is 0 Å². The van der Waals surface area contributed by atoms with Crippen LogP contribution < -0.4 is 0 Å². The molecule has 24 heavy (non-hydrogen) atoms. The van der Waals surface area contributed by atoms with Crippen LogP contribution in [0.5, 0.6) is 0 Å². The zero-order valence-corrected chi connectivity index (χ0v) is 12.0. The van der Waals surface area contributed by atoms with Gasteiger partial charge in [0.2, 0.25) is 0 Å². The van der Waals surface area contributed by atoms with Crippen LogP contribution in [0.1, 0.15) is 18.1 Å². The van der Waals surface area contributed by atoms with Crippen molar-refractivity contribution in [1.29, 1.82) is 0 Å². The molecule has 0 unspecified atom stereocenters. The number of allylic oxidation sites excluding steroid dienone is 1. The standard InChI is InChI=1S/C14H9F6N3O/c1-8(24)2-3-23-7-21-12(22-23)9-4-10(13(15,16)17)6-11(5-9)14(18,19)20/h2-7H,1H3/b3-2-. The molecule has 0 aliphatic carbocycles. The highest BCUT2D eigenvalue weighted by molar-refractivity contribution is 5.89. The fraction of sp³-hybridized carbons (Fsp3) is 0.214. The molecule has 0 N–H and O–H groups in total. The van der Waals surface area contributed by atoms with Crippen molar-refractivity contribution in [3.63, 3.8) is 0 Å². The maximum atomic E-state index is 12.8. The predicted octanol–water partition coefficient (Wildman–Crippen LogP) is 4.04. The Morgan fingerprint density at radius 2 is 1.58 bits per heavy atom. The van der Waals surface area contributed by atoms with Crippen LogP contribution in [-0.4, -0.2) is 20.5 Å². The van der Waals surface area contributed by atoms with E-state index in [1.54, 1.807) is 0 Å². The molecule has 1 aromatic carbocycles. The molecule has 0 saturated carbocycles. The van der Waals surface area contributed by atoms with Crippen LogP contribution in [0.15, 0.2) is 30.6 Å². The number of alkyl halides is 6. The van der Waals surface area contributed by atoms with Gasteiger partial charge in [0.15, 0.2) is 11.6 Å². The first-order chi connectivity index (χ1) is 11.0. The van der Waals surface area contributed by atoms with Crippen LogP contribution in [0.4, 0.5) is 26.3 Å². The maximum absolute atomic E-state index is 12.8. The summed E-state index contributed by atoms with van der Waals surface area (Å²) in [5, 5.41) is 3.73. The van der Waals surface area contributed by atoms with Crippen LogP contribution in [0.2, 0.25) is 0 Å². The number of benzene rings is 1. The van der Waals surface area contributed by atoms with Gasteiger partial charge in [0.05, 0.1) is 11.1 Å². The predicted molar refractivity (Wildman–Crippen MR) is 71.5 cm³/mol. The van der Waals surface area contributed by atoms with E-state index in [2.05, 4.69) is 10.1 Å². The molecule has 0 aliphatic heterocycles. The summed E-state index contributed by atoms with van der Waals surface area (Å²) in [6.45, 7) is 1.26. The van der Waals surface area contributed by atoms with Crippen molar-refractivity contribution in [2.45, 2.75) is 19.3 Å². The molecule has 2 rings (SSSR count). The molecule has 0 radical (unpaired) electrons. The molecule has 0 spiro atoms. The molecule has 0 saturated heterocycles. The van der Waals surface area contributed by atoms with Crippen molar-refractivity contribution >= 4 is 12.0 Å². The zero-order valence-electron chi connectivity index (χ0n) is 12.0. The second kappa shape index (κ2) is 6.10. The Hall–Kier alpha value is -2.65. The Kier molecular flexibility index (Phi) is 4.50. The molecule has 0 amide bonds. The number of halogens is 6. The van der Waals surface area contributed by atoms with Gasteiger partial charge in [0, 0.05) is 11.8 Å². The van der Waals surface area contributed by atoms with Gasteiger partial charge in [-0.2, -0.15) is 26.3 Å². The van der Waals surface area contributed by atoms with E-state index in [4.69, 9.17) is 0 Å². The average Bonchev–Trinajstić information content (AvgIpc) is 2.91. The summed E-state index contributed by atoms with van der Waals surface area (Å²) in [5.41, 5.74) is -3.35. The third kappa shape index (κ3) is 4.21. The molecule has 10 heteroatoms. The van der Waals surface area contributed by atoms with E-state index >= 15 is 0 Å². The van der Waals surface area contributed by atoms with E-state index in [0.717, 1.165) is 17.1 Å². The van der Waals surface area contributed by atoms with Gasteiger partial charge in [0.1, 0.15) is 6.33 Å². The van der Waals surface area contributed by atoms with Gasteiger partial charge in [-0.3, -0.25) is 4.79 Å². The Morgan fingerprint density at radius 3 is 2.04 bits per heavy atom. The Bertz CT molecular complexity index is 756. The molecule has 128 valence electrons. The van der Waals surface area contributed by atoms with Crippen LogP contribution in [0.25, 0.3) is 17.6 Å². The van der Waals surface area contributed by atoms with Crippen LogP contribution in [-0.2, 0) is 17.1 Å². The largest absolute Gasteiger partial charge is 0.416 e. The first kappa shape index (κ1) is 17.7. The summed E-state index contributed by atoms with van der Waals surface area (Å²) in [4.78, 5) is 14.5. The fourth-order valence-corrected chi connectivity index (χ4v) is 1.74. The van der Waals surface area contributed by atoms with Gasteiger partial charge in [0.25, 0.3) is 0 Å². The molecule has 4 nitrogen and oxygen atoms in total. The van der Waals surface area contributed by atoms with E-state index in [0.29, 0.717) is 12.1 Å². The number of hydrogen-bond donors (Lipinski definition) is 0. The van der Waals surface area contributed by atoms with Gasteiger partial charge in [-0.15, -0.1) is 5.10 Å². The van der Waals surface area contributed by atoms with E-state index in [1.807, 2.05) is 0 Å². The smallest absolute Gasteiger partial charge is 0.295 e. The van der Waals surface area contributed by atoms with Crippen molar-refractivity contribution in [2.75, 3.05) is 0 Å². The normalized spacial score (nSPS) is 12.8. The summed E-state index contributed by atoms with van der Waals surface area (Å²) >= 11 is 0. The summed E-state index contributed by atoms with van der Waals surface area (Å²) in [5.74, 6) is -0.648. The Morgan fingerprint density at radius 1 is 1.04 bits per heavy atom. The third-order valence-electron chi connectivity index (χ3n) is 2.82. The molecule has 2 aromatic rings. The van der Waals surface area contributed by atoms with Crippen molar-refractivity contribution in [3.8, 4) is 11.4 Å². The lowest BCUT2D eigenvalue weighted by Crippen LogP contribution is -2.11. The SMILES string of the molecule is CC(=O)/C=C\n1cnc(-c2cc(C(F)(F)F)cc(C(F)(F)F)c2)n1. The number of carbonyl (C=O) groups is 1. The number of hydrogen-bond acceptors (Lipinski definition) is 3. The molecular formula is C14H9F6N3O. The summed E-state index contributed by atoms with van der Waals surface area (Å²) in [6, 6.07) is 1.09. The highest BCUT2D eigenvalue weighted by atomic mass is 19.4. The van der Waals surface area contributed by atoms with Gasteiger partial charge in [-0.1, -0.05) is 0 Å². The highest BCUT2D eigenvalue weighted by Crippen LogP contribution is 2.37. The van der Waals surface area contributed by atoms with E-state index in [1.165, 1.54) is 13.1 Å². The summed E-state index contributed by atoms with van der Waals surface area (Å²) in [6.07, 6.45) is -6.55. The molecule has 1 aromatic heterocycles. The highest BCUT2D eigenvalue weighted by Gasteiger charge is 2.37. The van der Waals surface area contributed by atoms with E-state index < -0.39 is 29.0 Å². The van der Waals surface area contributed by atoms with Crippen molar-refractivity contribution < 1.29 is 31.1 Å². The van der Waals surface area contributed by atoms with Gasteiger partial charge in [-0.05, 0) is 31.2 Å². The quantitative estimate of drug-likeness (QED) is 0.621. The minimum atomic E-state index is -4.95. The van der Waals surface area contributed by atoms with E-state index in [9.17, 15) is 31.1 Å². The molecule has 0 atom stereocenters. The lowest BCUT2D eigenvalue weighted by atomic mass is 10.0. The summed E-state index contributed by atoms with van der Waals surface area (Å²) in [7, 11) is 0. The second-order valence-corrected chi connectivity index (χ2v) is 4.77. The van der Waals surface area contributed by atoms with Gasteiger partial charge < -0.3 is 0 Å². The molecule has 1 heterocycles. The molecule has 0 fully saturated rings. The third-order valence-corrected chi connectivity index (χ3v) is 2.82. The average molecular weight is 349 g/mol. The van der Waals surface area contributed by atoms with Crippen molar-refractivity contribution in [1.82, 2.24) is 14.8 Å². The number of rotatable bonds is 3. The number of aromatic nitrogens is 3. The topological polar surface area (TPSA) is 47.8 Å². The first-order valence-corrected chi connectivity index (χ1v) is 6.36. The minimum Gasteiger partial charge on any atom is -0.295 e. The number of nitrogens with zero attached hydrogens (tertiary/aromatic N) is 3. The monoisotopic (exact) mass is 349 g/mol. The Labute approximate surface area is 131 Å². The lowest BCUT2D eigenvalue weighted by molar-refractivity contribution is -0.143. The van der Waals surface area contributed by atoms with Gasteiger partial charge >= 0.3 is 12.4 Å². The second-order valence-electron chi connectivity index (χ2n) is 4.77. The Balaban J connectivity index is 2.52. The van der Waals surface area contributed by atoms with Gasteiger partial charge in [-0.25, -0.2) is 9.67 Å². The summed E-state index contributed by atoms with van der Waals surface area (Å²) < 4.78 is 77.8. The van der Waals surface area contributed by atoms with Crippen molar-refractivity contribution in [3.05, 3.63) is 41.7 Å². The minimum absolute atomic E-state index is 0.0240. The number of carbonyl (C=O) groups excluding carboxylic acids is 1. The molecule has 0 bridgehead atoms.